The molecule has 2 aromatic rings. The molecule has 0 atom stereocenters. The number of carbonyl (C=O) groups excluding carboxylic acids is 1. The molecule has 0 radical (unpaired) electrons. The van der Waals surface area contributed by atoms with Crippen molar-refractivity contribution in [2.24, 2.45) is 0 Å². The zero-order chi connectivity index (χ0) is 13.8. The van der Waals surface area contributed by atoms with Crippen molar-refractivity contribution in [3.63, 3.8) is 0 Å². The summed E-state index contributed by atoms with van der Waals surface area (Å²) in [6.45, 7) is -0.164. The lowest BCUT2D eigenvalue weighted by Crippen LogP contribution is -2.11. The fourth-order valence-electron chi connectivity index (χ4n) is 1.48. The molecule has 2 nitrogen and oxygen atoms in total. The fourth-order valence-corrected chi connectivity index (χ4v) is 1.99. The molecule has 0 amide bonds. The predicted octanol–water partition coefficient (Wildman–Crippen LogP) is 4.39. The van der Waals surface area contributed by atoms with E-state index in [0.29, 0.717) is 21.4 Å². The Bertz CT molecular complexity index is 577. The number of ketones is 1. The van der Waals surface area contributed by atoms with E-state index in [4.69, 9.17) is 27.9 Å². The first kappa shape index (κ1) is 13.8. The number of hydrogen-bond donors (Lipinski definition) is 0. The Labute approximate surface area is 119 Å². The Balaban J connectivity index is 2.02. The second-order valence-corrected chi connectivity index (χ2v) is 4.70. The van der Waals surface area contributed by atoms with Gasteiger partial charge in [-0.05, 0) is 42.5 Å². The summed E-state index contributed by atoms with van der Waals surface area (Å²) in [5.74, 6) is -0.233. The summed E-state index contributed by atoms with van der Waals surface area (Å²) in [5, 5.41) is 0.855. The summed E-state index contributed by atoms with van der Waals surface area (Å²) < 4.78 is 18.0. The standard InChI is InChI=1S/C14H9Cl2FO2/c15-10-5-11(16)7-13(6-10)19-8-14(18)9-1-3-12(17)4-2-9/h1-7H,8H2. The summed E-state index contributed by atoms with van der Waals surface area (Å²) in [6, 6.07) is 9.96. The highest BCUT2D eigenvalue weighted by atomic mass is 35.5. The van der Waals surface area contributed by atoms with E-state index in [-0.39, 0.29) is 18.2 Å². The highest BCUT2D eigenvalue weighted by Crippen LogP contribution is 2.24. The van der Waals surface area contributed by atoms with E-state index < -0.39 is 0 Å². The molecule has 5 heteroatoms. The minimum atomic E-state index is -0.390. The summed E-state index contributed by atoms with van der Waals surface area (Å²) in [5.41, 5.74) is 0.384. The Morgan fingerprint density at radius 2 is 1.63 bits per heavy atom. The average Bonchev–Trinajstić information content (AvgIpc) is 2.36. The largest absolute Gasteiger partial charge is 0.485 e. The van der Waals surface area contributed by atoms with Crippen LogP contribution in [0.2, 0.25) is 10.0 Å². The average molecular weight is 299 g/mol. The maximum atomic E-state index is 12.7. The molecule has 0 saturated heterocycles. The minimum Gasteiger partial charge on any atom is -0.485 e. The smallest absolute Gasteiger partial charge is 0.200 e. The zero-order valence-corrected chi connectivity index (χ0v) is 11.2. The lowest BCUT2D eigenvalue weighted by Gasteiger charge is -2.06. The number of Topliss-reactive ketones (excluding diaryl/α,β-unsaturated/α-hetero) is 1. The van der Waals surface area contributed by atoms with Gasteiger partial charge >= 0.3 is 0 Å². The van der Waals surface area contributed by atoms with E-state index in [1.54, 1.807) is 18.2 Å². The molecule has 2 aromatic carbocycles. The van der Waals surface area contributed by atoms with Crippen LogP contribution in [0.5, 0.6) is 5.75 Å². The molecule has 0 spiro atoms. The Hall–Kier alpha value is -1.58. The lowest BCUT2D eigenvalue weighted by molar-refractivity contribution is 0.0921. The first-order valence-electron chi connectivity index (χ1n) is 5.42. The van der Waals surface area contributed by atoms with E-state index in [0.717, 1.165) is 0 Å². The lowest BCUT2D eigenvalue weighted by atomic mass is 10.1. The van der Waals surface area contributed by atoms with Crippen LogP contribution in [0, 0.1) is 5.82 Å². The molecule has 0 aromatic heterocycles. The molecule has 0 aliphatic heterocycles. The maximum absolute atomic E-state index is 12.7. The van der Waals surface area contributed by atoms with E-state index in [9.17, 15) is 9.18 Å². The predicted molar refractivity (Wildman–Crippen MR) is 72.7 cm³/mol. The van der Waals surface area contributed by atoms with Gasteiger partial charge in [-0.15, -0.1) is 0 Å². The molecule has 0 fully saturated rings. The molecule has 0 bridgehead atoms. The number of benzene rings is 2. The molecule has 0 unspecified atom stereocenters. The number of rotatable bonds is 4. The molecule has 0 aliphatic rings. The van der Waals surface area contributed by atoms with Crippen LogP contribution < -0.4 is 4.74 Å². The van der Waals surface area contributed by atoms with Crippen molar-refractivity contribution in [1.82, 2.24) is 0 Å². The number of carbonyl (C=O) groups is 1. The van der Waals surface area contributed by atoms with Crippen LogP contribution in [0.4, 0.5) is 4.39 Å². The molecule has 2 rings (SSSR count). The highest BCUT2D eigenvalue weighted by Gasteiger charge is 2.07. The van der Waals surface area contributed by atoms with Crippen molar-refractivity contribution < 1.29 is 13.9 Å². The summed E-state index contributed by atoms with van der Waals surface area (Å²) >= 11 is 11.6. The molecular weight excluding hydrogens is 290 g/mol. The summed E-state index contributed by atoms with van der Waals surface area (Å²) in [6.07, 6.45) is 0. The van der Waals surface area contributed by atoms with Crippen molar-refractivity contribution in [1.29, 1.82) is 0 Å². The molecule has 0 saturated carbocycles. The third-order valence-electron chi connectivity index (χ3n) is 2.37. The van der Waals surface area contributed by atoms with Crippen LogP contribution in [0.25, 0.3) is 0 Å². The van der Waals surface area contributed by atoms with E-state index in [1.807, 2.05) is 0 Å². The van der Waals surface area contributed by atoms with Crippen LogP contribution >= 0.6 is 23.2 Å². The van der Waals surface area contributed by atoms with Crippen molar-refractivity contribution in [2.75, 3.05) is 6.61 Å². The van der Waals surface area contributed by atoms with Crippen LogP contribution in [-0.2, 0) is 0 Å². The van der Waals surface area contributed by atoms with Crippen molar-refractivity contribution >= 4 is 29.0 Å². The number of halogens is 3. The third kappa shape index (κ3) is 3.94. The minimum absolute atomic E-state index is 0.164. The maximum Gasteiger partial charge on any atom is 0.200 e. The van der Waals surface area contributed by atoms with Crippen molar-refractivity contribution in [3.8, 4) is 5.75 Å². The fraction of sp³-hybridized carbons (Fsp3) is 0.0714. The van der Waals surface area contributed by atoms with E-state index >= 15 is 0 Å². The monoisotopic (exact) mass is 298 g/mol. The van der Waals surface area contributed by atoms with Crippen molar-refractivity contribution in [3.05, 3.63) is 63.9 Å². The van der Waals surface area contributed by atoms with Crippen molar-refractivity contribution in [2.45, 2.75) is 0 Å². The van der Waals surface area contributed by atoms with Gasteiger partial charge in [0.1, 0.15) is 11.6 Å². The first-order valence-corrected chi connectivity index (χ1v) is 6.18. The van der Waals surface area contributed by atoms with Crippen LogP contribution in [-0.4, -0.2) is 12.4 Å². The molecule has 98 valence electrons. The van der Waals surface area contributed by atoms with Gasteiger partial charge in [-0.1, -0.05) is 23.2 Å². The SMILES string of the molecule is O=C(COc1cc(Cl)cc(Cl)c1)c1ccc(F)cc1. The van der Waals surface area contributed by atoms with Gasteiger partial charge < -0.3 is 4.74 Å². The Kier molecular flexibility index (Phi) is 4.40. The van der Waals surface area contributed by atoms with Crippen LogP contribution in [0.1, 0.15) is 10.4 Å². The molecular formula is C14H9Cl2FO2. The van der Waals surface area contributed by atoms with Gasteiger partial charge in [0.05, 0.1) is 0 Å². The second kappa shape index (κ2) is 6.04. The van der Waals surface area contributed by atoms with Gasteiger partial charge in [0, 0.05) is 15.6 Å². The molecule has 0 heterocycles. The molecule has 0 aliphatic carbocycles. The topological polar surface area (TPSA) is 26.3 Å². The second-order valence-electron chi connectivity index (χ2n) is 3.82. The first-order chi connectivity index (χ1) is 9.04. The van der Waals surface area contributed by atoms with E-state index in [1.165, 1.54) is 24.3 Å². The summed E-state index contributed by atoms with van der Waals surface area (Å²) in [4.78, 5) is 11.8. The Morgan fingerprint density at radius 1 is 1.05 bits per heavy atom. The van der Waals surface area contributed by atoms with E-state index in [2.05, 4.69) is 0 Å². The third-order valence-corrected chi connectivity index (χ3v) is 2.81. The summed E-state index contributed by atoms with van der Waals surface area (Å²) in [7, 11) is 0. The normalized spacial score (nSPS) is 10.3. The van der Waals surface area contributed by atoms with Gasteiger partial charge in [0.15, 0.2) is 12.4 Å². The Morgan fingerprint density at radius 3 is 2.21 bits per heavy atom. The van der Waals surface area contributed by atoms with Gasteiger partial charge in [-0.25, -0.2) is 4.39 Å². The van der Waals surface area contributed by atoms with Gasteiger partial charge in [-0.3, -0.25) is 4.79 Å². The van der Waals surface area contributed by atoms with Crippen LogP contribution in [0.15, 0.2) is 42.5 Å². The number of ether oxygens (including phenoxy) is 1. The zero-order valence-electron chi connectivity index (χ0n) is 9.70. The van der Waals surface area contributed by atoms with Gasteiger partial charge in [0.2, 0.25) is 0 Å². The van der Waals surface area contributed by atoms with Crippen LogP contribution in [0.3, 0.4) is 0 Å². The van der Waals surface area contributed by atoms with Gasteiger partial charge in [-0.2, -0.15) is 0 Å². The molecule has 0 N–H and O–H groups in total. The quantitative estimate of drug-likeness (QED) is 0.782. The van der Waals surface area contributed by atoms with Gasteiger partial charge in [0.25, 0.3) is 0 Å². The number of hydrogen-bond acceptors (Lipinski definition) is 2. The molecule has 19 heavy (non-hydrogen) atoms. The highest BCUT2D eigenvalue weighted by molar-refractivity contribution is 6.34.